The number of aromatic nitrogens is 3. The van der Waals surface area contributed by atoms with Gasteiger partial charge in [-0.05, 0) is 34.8 Å². The second-order valence-corrected chi connectivity index (χ2v) is 7.28. The van der Waals surface area contributed by atoms with Gasteiger partial charge in [0.15, 0.2) is 0 Å². The van der Waals surface area contributed by atoms with E-state index >= 15 is 0 Å². The standard InChI is InChI=1S/C17H17BrN4OS/c1-11-21-15(10-24-11)13-5-3-12(4-6-13)7-8-19-14-9-20-22(2)17(23)16(14)18/h3-6,9-10,19H,7-8H2,1-2H3. The van der Waals surface area contributed by atoms with E-state index in [9.17, 15) is 4.79 Å². The van der Waals surface area contributed by atoms with Gasteiger partial charge in [0.1, 0.15) is 4.47 Å². The molecule has 0 radical (unpaired) electrons. The molecule has 2 heterocycles. The van der Waals surface area contributed by atoms with E-state index in [1.807, 2.05) is 6.92 Å². The number of hydrogen-bond donors (Lipinski definition) is 1. The molecule has 1 N–H and O–H groups in total. The maximum absolute atomic E-state index is 11.8. The quantitative estimate of drug-likeness (QED) is 0.705. The minimum Gasteiger partial charge on any atom is -0.382 e. The average Bonchev–Trinajstić information content (AvgIpc) is 3.02. The molecule has 3 rings (SSSR count). The van der Waals surface area contributed by atoms with Crippen LogP contribution in [0.1, 0.15) is 10.6 Å². The molecule has 1 aromatic carbocycles. The molecular formula is C17H17BrN4OS. The first kappa shape index (κ1) is 16.9. The van der Waals surface area contributed by atoms with Gasteiger partial charge >= 0.3 is 0 Å². The number of nitrogens with zero attached hydrogens (tertiary/aromatic N) is 3. The lowest BCUT2D eigenvalue weighted by Crippen LogP contribution is -2.21. The average molecular weight is 405 g/mol. The zero-order valence-electron chi connectivity index (χ0n) is 13.4. The SMILES string of the molecule is Cc1nc(-c2ccc(CCNc3cnn(C)c(=O)c3Br)cc2)cs1. The highest BCUT2D eigenvalue weighted by atomic mass is 79.9. The zero-order valence-corrected chi connectivity index (χ0v) is 15.8. The van der Waals surface area contributed by atoms with Crippen molar-refractivity contribution in [1.29, 1.82) is 0 Å². The Kier molecular flexibility index (Phi) is 5.11. The summed E-state index contributed by atoms with van der Waals surface area (Å²) < 4.78 is 1.81. The summed E-state index contributed by atoms with van der Waals surface area (Å²) in [6, 6.07) is 8.42. The summed E-state index contributed by atoms with van der Waals surface area (Å²) in [5.74, 6) is 0. The second kappa shape index (κ2) is 7.27. The lowest BCUT2D eigenvalue weighted by atomic mass is 10.1. The van der Waals surface area contributed by atoms with Gasteiger partial charge in [0.05, 0.1) is 22.6 Å². The normalized spacial score (nSPS) is 10.8. The molecule has 124 valence electrons. The molecule has 0 bridgehead atoms. The van der Waals surface area contributed by atoms with Crippen LogP contribution < -0.4 is 10.9 Å². The number of halogens is 1. The summed E-state index contributed by atoms with van der Waals surface area (Å²) in [5, 5.41) is 10.4. The number of hydrogen-bond acceptors (Lipinski definition) is 5. The third-order valence-corrected chi connectivity index (χ3v) is 5.22. The Hall–Kier alpha value is -1.99. The first-order valence-corrected chi connectivity index (χ1v) is 9.19. The van der Waals surface area contributed by atoms with E-state index in [4.69, 9.17) is 0 Å². The minimum absolute atomic E-state index is 0.150. The molecular weight excluding hydrogens is 388 g/mol. The van der Waals surface area contributed by atoms with Crippen LogP contribution in [0.25, 0.3) is 11.3 Å². The zero-order chi connectivity index (χ0) is 17.1. The van der Waals surface area contributed by atoms with Crippen LogP contribution in [0.5, 0.6) is 0 Å². The fraction of sp³-hybridized carbons (Fsp3) is 0.235. The molecule has 0 aliphatic rings. The van der Waals surface area contributed by atoms with E-state index in [1.54, 1.807) is 24.6 Å². The first-order valence-electron chi connectivity index (χ1n) is 7.51. The topological polar surface area (TPSA) is 59.8 Å². The maximum Gasteiger partial charge on any atom is 0.282 e. The van der Waals surface area contributed by atoms with Crippen LogP contribution in [0.3, 0.4) is 0 Å². The van der Waals surface area contributed by atoms with Crippen LogP contribution >= 0.6 is 27.3 Å². The lowest BCUT2D eigenvalue weighted by molar-refractivity contribution is 0.703. The molecule has 7 heteroatoms. The molecule has 3 aromatic rings. The molecule has 0 spiro atoms. The van der Waals surface area contributed by atoms with Gasteiger partial charge in [0.2, 0.25) is 0 Å². The summed E-state index contributed by atoms with van der Waals surface area (Å²) in [6.07, 6.45) is 2.51. The van der Waals surface area contributed by atoms with Crippen LogP contribution in [0, 0.1) is 6.92 Å². The van der Waals surface area contributed by atoms with Gasteiger partial charge < -0.3 is 5.32 Å². The summed E-state index contributed by atoms with van der Waals surface area (Å²) >= 11 is 4.97. The monoisotopic (exact) mass is 404 g/mol. The highest BCUT2D eigenvalue weighted by Crippen LogP contribution is 2.22. The van der Waals surface area contributed by atoms with E-state index in [-0.39, 0.29) is 5.56 Å². The van der Waals surface area contributed by atoms with Crippen molar-refractivity contribution in [3.8, 4) is 11.3 Å². The van der Waals surface area contributed by atoms with Crippen molar-refractivity contribution in [3.63, 3.8) is 0 Å². The van der Waals surface area contributed by atoms with Crippen molar-refractivity contribution in [2.75, 3.05) is 11.9 Å². The highest BCUT2D eigenvalue weighted by Gasteiger charge is 2.06. The van der Waals surface area contributed by atoms with Crippen molar-refractivity contribution in [1.82, 2.24) is 14.8 Å². The second-order valence-electron chi connectivity index (χ2n) is 5.43. The molecule has 24 heavy (non-hydrogen) atoms. The van der Waals surface area contributed by atoms with Crippen molar-refractivity contribution in [3.05, 3.63) is 61.2 Å². The van der Waals surface area contributed by atoms with Gasteiger partial charge in [-0.25, -0.2) is 9.67 Å². The molecule has 0 aliphatic carbocycles. The van der Waals surface area contributed by atoms with E-state index in [1.165, 1.54) is 10.2 Å². The minimum atomic E-state index is -0.150. The van der Waals surface area contributed by atoms with Crippen molar-refractivity contribution in [2.24, 2.45) is 7.05 Å². The van der Waals surface area contributed by atoms with Gasteiger partial charge in [-0.1, -0.05) is 24.3 Å². The number of anilines is 1. The van der Waals surface area contributed by atoms with E-state index in [2.05, 4.69) is 61.0 Å². The summed E-state index contributed by atoms with van der Waals surface area (Å²) in [6.45, 7) is 2.74. The third-order valence-electron chi connectivity index (χ3n) is 3.68. The Bertz CT molecular complexity index is 902. The van der Waals surface area contributed by atoms with Gasteiger partial charge in [-0.2, -0.15) is 5.10 Å². The molecule has 0 fully saturated rings. The fourth-order valence-electron chi connectivity index (χ4n) is 2.31. The van der Waals surface area contributed by atoms with E-state index < -0.39 is 0 Å². The molecule has 0 amide bonds. The van der Waals surface area contributed by atoms with Crippen LogP contribution in [-0.2, 0) is 13.5 Å². The van der Waals surface area contributed by atoms with E-state index in [0.29, 0.717) is 10.2 Å². The van der Waals surface area contributed by atoms with Crippen molar-refractivity contribution in [2.45, 2.75) is 13.3 Å². The Balaban J connectivity index is 1.61. The van der Waals surface area contributed by atoms with Gasteiger partial charge in [-0.3, -0.25) is 4.79 Å². The predicted octanol–water partition coefficient (Wildman–Crippen LogP) is 3.63. The fourth-order valence-corrected chi connectivity index (χ4v) is 3.43. The van der Waals surface area contributed by atoms with Gasteiger partial charge in [0.25, 0.3) is 5.56 Å². The number of nitrogens with one attached hydrogen (secondary N) is 1. The van der Waals surface area contributed by atoms with Crippen LogP contribution in [0.4, 0.5) is 5.69 Å². The first-order chi connectivity index (χ1) is 11.5. The number of benzene rings is 1. The molecule has 2 aromatic heterocycles. The van der Waals surface area contributed by atoms with Crippen molar-refractivity contribution < 1.29 is 0 Å². The molecule has 0 saturated carbocycles. The Morgan fingerprint density at radius 3 is 2.71 bits per heavy atom. The Morgan fingerprint density at radius 1 is 1.29 bits per heavy atom. The summed E-state index contributed by atoms with van der Waals surface area (Å²) in [7, 11) is 1.63. The summed E-state index contributed by atoms with van der Waals surface area (Å²) in [5.41, 5.74) is 3.95. The molecule has 0 aliphatic heterocycles. The lowest BCUT2D eigenvalue weighted by Gasteiger charge is -2.09. The smallest absolute Gasteiger partial charge is 0.282 e. The highest BCUT2D eigenvalue weighted by molar-refractivity contribution is 9.10. The Labute approximate surface area is 152 Å². The molecule has 0 unspecified atom stereocenters. The van der Waals surface area contributed by atoms with Crippen LogP contribution in [-0.4, -0.2) is 21.3 Å². The Morgan fingerprint density at radius 2 is 2.04 bits per heavy atom. The molecule has 5 nitrogen and oxygen atoms in total. The third kappa shape index (κ3) is 3.73. The largest absolute Gasteiger partial charge is 0.382 e. The molecule has 0 atom stereocenters. The number of rotatable bonds is 5. The van der Waals surface area contributed by atoms with E-state index in [0.717, 1.165) is 29.2 Å². The number of thiazole rings is 1. The number of aryl methyl sites for hydroxylation is 2. The van der Waals surface area contributed by atoms with Crippen LogP contribution in [0.2, 0.25) is 0 Å². The van der Waals surface area contributed by atoms with Gasteiger partial charge in [-0.15, -0.1) is 11.3 Å². The predicted molar refractivity (Wildman–Crippen MR) is 102 cm³/mol. The van der Waals surface area contributed by atoms with Crippen LogP contribution in [0.15, 0.2) is 45.1 Å². The van der Waals surface area contributed by atoms with Crippen molar-refractivity contribution >= 4 is 33.0 Å². The van der Waals surface area contributed by atoms with Gasteiger partial charge in [0, 0.05) is 24.5 Å². The maximum atomic E-state index is 11.8. The molecule has 0 saturated heterocycles. The summed E-state index contributed by atoms with van der Waals surface area (Å²) in [4.78, 5) is 16.3.